The molecule has 0 spiro atoms. The number of alkyl halides is 1. The Morgan fingerprint density at radius 1 is 1.43 bits per heavy atom. The smallest absolute Gasteiger partial charge is 0.360 e. The first-order chi connectivity index (χ1) is 10.1. The molecule has 0 radical (unpaired) electrons. The third kappa shape index (κ3) is 3.82. The van der Waals surface area contributed by atoms with E-state index in [2.05, 4.69) is 9.98 Å². The van der Waals surface area contributed by atoms with Crippen LogP contribution in [0.25, 0.3) is 11.5 Å². The molecule has 1 aromatic heterocycles. The van der Waals surface area contributed by atoms with E-state index in [-0.39, 0.29) is 18.2 Å². The first-order valence-electron chi connectivity index (χ1n) is 6.26. The number of halogens is 1. The Kier molecular flexibility index (Phi) is 4.94. The summed E-state index contributed by atoms with van der Waals surface area (Å²) in [6, 6.07) is 7.04. The Labute approximate surface area is 126 Å². The number of rotatable bonds is 5. The van der Waals surface area contributed by atoms with Gasteiger partial charge in [-0.2, -0.15) is 0 Å². The molecule has 0 saturated carbocycles. The van der Waals surface area contributed by atoms with Crippen molar-refractivity contribution in [3.05, 3.63) is 36.2 Å². The lowest BCUT2D eigenvalue weighted by Crippen LogP contribution is -2.12. The fourth-order valence-corrected chi connectivity index (χ4v) is 1.64. The number of amidine groups is 1. The van der Waals surface area contributed by atoms with Crippen LogP contribution in [0.5, 0.6) is 0 Å². The predicted octanol–water partition coefficient (Wildman–Crippen LogP) is 2.75. The number of hydrogen-bond acceptors (Lipinski definition) is 5. The molecule has 2 N–H and O–H groups in total. The standard InChI is InChI=1S/C14H14ClN3O3/c1-2-20-14(19)11-8-21-13(18-11)9-3-5-10(6-4-9)17-12(16)7-15/h3-6,8H,2,7H2,1H3,(H2,16,17). The average Bonchev–Trinajstić information content (AvgIpc) is 2.98. The van der Waals surface area contributed by atoms with Crippen LogP contribution in [0.15, 0.2) is 39.9 Å². The van der Waals surface area contributed by atoms with Gasteiger partial charge in [-0.1, -0.05) is 0 Å². The van der Waals surface area contributed by atoms with Crippen LogP contribution in [0, 0.1) is 0 Å². The molecule has 0 unspecified atom stereocenters. The van der Waals surface area contributed by atoms with Crippen molar-refractivity contribution in [2.45, 2.75) is 6.92 Å². The first-order valence-corrected chi connectivity index (χ1v) is 6.79. The number of carbonyl (C=O) groups is 1. The lowest BCUT2D eigenvalue weighted by molar-refractivity contribution is 0.0519. The third-order valence-electron chi connectivity index (χ3n) is 2.51. The van der Waals surface area contributed by atoms with E-state index >= 15 is 0 Å². The topological polar surface area (TPSA) is 90.7 Å². The average molecular weight is 308 g/mol. The van der Waals surface area contributed by atoms with Crippen LogP contribution in [0.1, 0.15) is 17.4 Å². The first kappa shape index (κ1) is 15.1. The summed E-state index contributed by atoms with van der Waals surface area (Å²) in [5.41, 5.74) is 7.09. The van der Waals surface area contributed by atoms with Crippen LogP contribution >= 0.6 is 11.6 Å². The lowest BCUT2D eigenvalue weighted by atomic mass is 10.2. The van der Waals surface area contributed by atoms with Crippen LogP contribution in [0.2, 0.25) is 0 Å². The Balaban J connectivity index is 2.18. The molecule has 0 atom stereocenters. The SMILES string of the molecule is CCOC(=O)c1coc(-c2ccc(N=C(N)CCl)cc2)n1. The van der Waals surface area contributed by atoms with Gasteiger partial charge in [-0.15, -0.1) is 11.6 Å². The number of ether oxygens (including phenoxy) is 1. The Morgan fingerprint density at radius 2 is 2.14 bits per heavy atom. The zero-order chi connectivity index (χ0) is 15.2. The molecule has 0 fully saturated rings. The van der Waals surface area contributed by atoms with E-state index in [9.17, 15) is 4.79 Å². The van der Waals surface area contributed by atoms with Gasteiger partial charge in [0.15, 0.2) is 5.69 Å². The fourth-order valence-electron chi connectivity index (χ4n) is 1.58. The van der Waals surface area contributed by atoms with Crippen molar-refractivity contribution in [3.8, 4) is 11.5 Å². The largest absolute Gasteiger partial charge is 0.461 e. The second-order valence-electron chi connectivity index (χ2n) is 4.04. The van der Waals surface area contributed by atoms with E-state index in [1.54, 1.807) is 31.2 Å². The van der Waals surface area contributed by atoms with Gasteiger partial charge in [0.25, 0.3) is 0 Å². The lowest BCUT2D eigenvalue weighted by Gasteiger charge is -1.98. The minimum absolute atomic E-state index is 0.139. The Morgan fingerprint density at radius 3 is 2.76 bits per heavy atom. The van der Waals surface area contributed by atoms with Gasteiger partial charge in [-0.05, 0) is 31.2 Å². The highest BCUT2D eigenvalue weighted by Gasteiger charge is 2.14. The van der Waals surface area contributed by atoms with Gasteiger partial charge in [-0.3, -0.25) is 0 Å². The molecule has 0 aliphatic rings. The molecule has 2 rings (SSSR count). The number of hydrogen-bond donors (Lipinski definition) is 1. The van der Waals surface area contributed by atoms with Crippen molar-refractivity contribution in [1.82, 2.24) is 4.98 Å². The summed E-state index contributed by atoms with van der Waals surface area (Å²) in [5.74, 6) is 0.331. The Hall–Kier alpha value is -2.34. The second-order valence-corrected chi connectivity index (χ2v) is 4.31. The van der Waals surface area contributed by atoms with Crippen molar-refractivity contribution in [2.24, 2.45) is 10.7 Å². The minimum atomic E-state index is -0.511. The molecule has 6 nitrogen and oxygen atoms in total. The zero-order valence-electron chi connectivity index (χ0n) is 11.4. The summed E-state index contributed by atoms with van der Waals surface area (Å²) >= 11 is 5.56. The number of benzene rings is 1. The van der Waals surface area contributed by atoms with Crippen LogP contribution in [0.3, 0.4) is 0 Å². The van der Waals surface area contributed by atoms with E-state index in [1.807, 2.05) is 0 Å². The second kappa shape index (κ2) is 6.90. The van der Waals surface area contributed by atoms with E-state index in [1.165, 1.54) is 6.26 Å². The van der Waals surface area contributed by atoms with Crippen molar-refractivity contribution >= 4 is 29.1 Å². The maximum Gasteiger partial charge on any atom is 0.360 e. The third-order valence-corrected chi connectivity index (χ3v) is 2.79. The fraction of sp³-hybridized carbons (Fsp3) is 0.214. The highest BCUT2D eigenvalue weighted by molar-refractivity contribution is 6.28. The Bertz CT molecular complexity index is 650. The van der Waals surface area contributed by atoms with E-state index in [0.717, 1.165) is 0 Å². The molecule has 0 bridgehead atoms. The van der Waals surface area contributed by atoms with Crippen LogP contribution < -0.4 is 5.73 Å². The molecule has 21 heavy (non-hydrogen) atoms. The van der Waals surface area contributed by atoms with Crippen LogP contribution in [-0.2, 0) is 4.74 Å². The highest BCUT2D eigenvalue weighted by atomic mass is 35.5. The quantitative estimate of drug-likeness (QED) is 0.397. The predicted molar refractivity (Wildman–Crippen MR) is 79.9 cm³/mol. The molecule has 110 valence electrons. The van der Waals surface area contributed by atoms with Crippen molar-refractivity contribution in [3.63, 3.8) is 0 Å². The van der Waals surface area contributed by atoms with Crippen LogP contribution in [0.4, 0.5) is 5.69 Å². The minimum Gasteiger partial charge on any atom is -0.461 e. The monoisotopic (exact) mass is 307 g/mol. The number of aliphatic imine (C=N–C) groups is 1. The number of nitrogens with two attached hydrogens (primary N) is 1. The van der Waals surface area contributed by atoms with Gasteiger partial charge in [0.2, 0.25) is 5.89 Å². The van der Waals surface area contributed by atoms with Crippen molar-refractivity contribution < 1.29 is 13.9 Å². The van der Waals surface area contributed by atoms with Gasteiger partial charge in [0.1, 0.15) is 12.1 Å². The summed E-state index contributed by atoms with van der Waals surface area (Å²) in [6.45, 7) is 2.01. The molecule has 0 aliphatic heterocycles. The van der Waals surface area contributed by atoms with E-state index in [4.69, 9.17) is 26.5 Å². The molecule has 1 heterocycles. The van der Waals surface area contributed by atoms with Gasteiger partial charge in [-0.25, -0.2) is 14.8 Å². The number of carbonyl (C=O) groups excluding carboxylic acids is 1. The van der Waals surface area contributed by atoms with E-state index < -0.39 is 5.97 Å². The van der Waals surface area contributed by atoms with Gasteiger partial charge >= 0.3 is 5.97 Å². The van der Waals surface area contributed by atoms with Crippen LogP contribution in [-0.4, -0.2) is 29.3 Å². The van der Waals surface area contributed by atoms with Gasteiger partial charge in [0.05, 0.1) is 18.2 Å². The zero-order valence-corrected chi connectivity index (χ0v) is 12.1. The highest BCUT2D eigenvalue weighted by Crippen LogP contribution is 2.22. The van der Waals surface area contributed by atoms with Crippen molar-refractivity contribution in [2.75, 3.05) is 12.5 Å². The summed E-state index contributed by atoms with van der Waals surface area (Å²) in [5, 5.41) is 0. The molecule has 7 heteroatoms. The molecule has 1 aromatic carbocycles. The van der Waals surface area contributed by atoms with Gasteiger partial charge in [0, 0.05) is 5.56 Å². The molecule has 0 amide bonds. The van der Waals surface area contributed by atoms with Crippen molar-refractivity contribution in [1.29, 1.82) is 0 Å². The molecular formula is C14H14ClN3O3. The van der Waals surface area contributed by atoms with Gasteiger partial charge < -0.3 is 14.9 Å². The number of aromatic nitrogens is 1. The normalized spacial score (nSPS) is 11.4. The van der Waals surface area contributed by atoms with E-state index in [0.29, 0.717) is 23.0 Å². The number of oxazole rings is 1. The summed E-state index contributed by atoms with van der Waals surface area (Å²) in [4.78, 5) is 19.7. The summed E-state index contributed by atoms with van der Waals surface area (Å²) in [6.07, 6.45) is 1.27. The maximum absolute atomic E-state index is 11.5. The maximum atomic E-state index is 11.5. The molecule has 2 aromatic rings. The molecule has 0 aliphatic carbocycles. The number of nitrogens with zero attached hydrogens (tertiary/aromatic N) is 2. The summed E-state index contributed by atoms with van der Waals surface area (Å²) in [7, 11) is 0. The molecular weight excluding hydrogens is 294 g/mol. The number of esters is 1. The summed E-state index contributed by atoms with van der Waals surface area (Å²) < 4.78 is 10.1. The molecule has 0 saturated heterocycles.